The summed E-state index contributed by atoms with van der Waals surface area (Å²) in [6, 6.07) is 10.0. The Bertz CT molecular complexity index is 649. The number of ether oxygens (including phenoxy) is 1. The molecule has 2 aromatic rings. The molecule has 0 fully saturated rings. The molecule has 1 N–H and O–H groups in total. The highest BCUT2D eigenvalue weighted by Crippen LogP contribution is 2.26. The molecule has 0 saturated heterocycles. The molecule has 1 aromatic heterocycles. The lowest BCUT2D eigenvalue weighted by molar-refractivity contribution is 0.0930. The molecule has 22 heavy (non-hydrogen) atoms. The minimum absolute atomic E-state index is 0.107. The summed E-state index contributed by atoms with van der Waals surface area (Å²) in [5.41, 5.74) is 3.85. The third-order valence-corrected chi connectivity index (χ3v) is 3.99. The minimum atomic E-state index is -0.107. The van der Waals surface area contributed by atoms with E-state index in [1.54, 1.807) is 7.11 Å². The number of amides is 1. The molecule has 0 atom stereocenters. The van der Waals surface area contributed by atoms with Crippen molar-refractivity contribution in [1.82, 2.24) is 15.1 Å². The van der Waals surface area contributed by atoms with Crippen LogP contribution in [0.15, 0.2) is 30.3 Å². The third-order valence-electron chi connectivity index (χ3n) is 3.99. The molecule has 0 aliphatic heterocycles. The molecule has 116 valence electrons. The number of hydrogen-bond donors (Lipinski definition) is 1. The van der Waals surface area contributed by atoms with Crippen molar-refractivity contribution in [3.8, 4) is 5.69 Å². The van der Waals surface area contributed by atoms with Crippen molar-refractivity contribution in [1.29, 1.82) is 0 Å². The van der Waals surface area contributed by atoms with Crippen molar-refractivity contribution in [2.45, 2.75) is 25.7 Å². The zero-order valence-corrected chi connectivity index (χ0v) is 12.8. The molecule has 3 rings (SSSR count). The summed E-state index contributed by atoms with van der Waals surface area (Å²) in [6.07, 6.45) is 4.17. The molecule has 0 spiro atoms. The fraction of sp³-hybridized carbons (Fsp3) is 0.412. The fourth-order valence-electron chi connectivity index (χ4n) is 2.91. The first-order valence-corrected chi connectivity index (χ1v) is 7.74. The van der Waals surface area contributed by atoms with Gasteiger partial charge in [0.1, 0.15) is 0 Å². The van der Waals surface area contributed by atoms with Crippen molar-refractivity contribution >= 4 is 5.91 Å². The van der Waals surface area contributed by atoms with Crippen LogP contribution in [0.1, 0.15) is 34.6 Å². The van der Waals surface area contributed by atoms with E-state index in [0.717, 1.165) is 36.9 Å². The van der Waals surface area contributed by atoms with Gasteiger partial charge >= 0.3 is 0 Å². The van der Waals surface area contributed by atoms with E-state index >= 15 is 0 Å². The van der Waals surface area contributed by atoms with Gasteiger partial charge in [0.15, 0.2) is 5.69 Å². The van der Waals surface area contributed by atoms with Crippen LogP contribution in [0, 0.1) is 0 Å². The maximum absolute atomic E-state index is 12.4. The monoisotopic (exact) mass is 299 g/mol. The van der Waals surface area contributed by atoms with Crippen LogP contribution in [0.3, 0.4) is 0 Å². The number of fused-ring (bicyclic) bond motifs is 1. The Morgan fingerprint density at radius 2 is 2.05 bits per heavy atom. The van der Waals surface area contributed by atoms with E-state index in [1.165, 1.54) is 5.69 Å². The lowest BCUT2D eigenvalue weighted by atomic mass is 9.95. The van der Waals surface area contributed by atoms with Crippen LogP contribution in [0.25, 0.3) is 5.69 Å². The summed E-state index contributed by atoms with van der Waals surface area (Å²) < 4.78 is 6.91. The zero-order valence-electron chi connectivity index (χ0n) is 12.8. The minimum Gasteiger partial charge on any atom is -0.383 e. The highest BCUT2D eigenvalue weighted by atomic mass is 16.5. The summed E-state index contributed by atoms with van der Waals surface area (Å²) in [4.78, 5) is 12.4. The Hall–Kier alpha value is -2.14. The van der Waals surface area contributed by atoms with Gasteiger partial charge in [0.25, 0.3) is 5.91 Å². The standard InChI is InChI=1S/C17H21N3O2/c1-22-12-11-18-17(21)16-14-9-5-6-10-15(14)20(19-16)13-7-3-2-4-8-13/h2-4,7-8H,5-6,9-12H2,1H3,(H,18,21). The number of para-hydroxylation sites is 1. The van der Waals surface area contributed by atoms with Crippen LogP contribution >= 0.6 is 0 Å². The number of nitrogens with zero attached hydrogens (tertiary/aromatic N) is 2. The molecule has 1 aliphatic carbocycles. The predicted molar refractivity (Wildman–Crippen MR) is 84.4 cm³/mol. The van der Waals surface area contributed by atoms with Crippen molar-refractivity contribution in [2.24, 2.45) is 0 Å². The van der Waals surface area contributed by atoms with E-state index in [2.05, 4.69) is 10.4 Å². The van der Waals surface area contributed by atoms with E-state index in [1.807, 2.05) is 35.0 Å². The van der Waals surface area contributed by atoms with E-state index < -0.39 is 0 Å². The Morgan fingerprint density at radius 3 is 2.82 bits per heavy atom. The molecule has 1 aromatic carbocycles. The Balaban J connectivity index is 1.94. The topological polar surface area (TPSA) is 56.1 Å². The molecular formula is C17H21N3O2. The first kappa shape index (κ1) is 14.8. The Morgan fingerprint density at radius 1 is 1.27 bits per heavy atom. The quantitative estimate of drug-likeness (QED) is 0.861. The van der Waals surface area contributed by atoms with Gasteiger partial charge in [-0.2, -0.15) is 5.10 Å². The zero-order chi connectivity index (χ0) is 15.4. The number of carbonyl (C=O) groups excluding carboxylic acids is 1. The second-order valence-corrected chi connectivity index (χ2v) is 5.48. The number of nitrogens with one attached hydrogen (secondary N) is 1. The average Bonchev–Trinajstić information content (AvgIpc) is 2.95. The summed E-state index contributed by atoms with van der Waals surface area (Å²) in [5.74, 6) is -0.107. The number of rotatable bonds is 5. The van der Waals surface area contributed by atoms with Crippen LogP contribution in [0.5, 0.6) is 0 Å². The second kappa shape index (κ2) is 6.75. The maximum atomic E-state index is 12.4. The molecule has 1 amide bonds. The van der Waals surface area contributed by atoms with Gasteiger partial charge in [0.2, 0.25) is 0 Å². The SMILES string of the molecule is COCCNC(=O)c1nn(-c2ccccc2)c2c1CCCC2. The first-order chi connectivity index (χ1) is 10.8. The summed E-state index contributed by atoms with van der Waals surface area (Å²) in [5, 5.41) is 7.48. The van der Waals surface area contributed by atoms with Gasteiger partial charge in [-0.1, -0.05) is 18.2 Å². The predicted octanol–water partition coefficient (Wildman–Crippen LogP) is 2.13. The number of hydrogen-bond acceptors (Lipinski definition) is 3. The lowest BCUT2D eigenvalue weighted by Crippen LogP contribution is -2.28. The number of methoxy groups -OCH3 is 1. The van der Waals surface area contributed by atoms with E-state index in [-0.39, 0.29) is 5.91 Å². The number of aromatic nitrogens is 2. The molecule has 5 nitrogen and oxygen atoms in total. The smallest absolute Gasteiger partial charge is 0.272 e. The summed E-state index contributed by atoms with van der Waals surface area (Å²) in [6.45, 7) is 1.01. The van der Waals surface area contributed by atoms with Crippen molar-refractivity contribution in [3.05, 3.63) is 47.3 Å². The fourth-order valence-corrected chi connectivity index (χ4v) is 2.91. The first-order valence-electron chi connectivity index (χ1n) is 7.74. The highest BCUT2D eigenvalue weighted by Gasteiger charge is 2.25. The molecular weight excluding hydrogens is 278 g/mol. The van der Waals surface area contributed by atoms with Gasteiger partial charge in [0.05, 0.1) is 12.3 Å². The van der Waals surface area contributed by atoms with Crippen LogP contribution in [-0.2, 0) is 17.6 Å². The van der Waals surface area contributed by atoms with Crippen molar-refractivity contribution in [3.63, 3.8) is 0 Å². The van der Waals surface area contributed by atoms with E-state index in [9.17, 15) is 4.79 Å². The third kappa shape index (κ3) is 2.90. The van der Waals surface area contributed by atoms with E-state index in [4.69, 9.17) is 4.74 Å². The normalized spacial score (nSPS) is 13.7. The Kier molecular flexibility index (Phi) is 4.53. The molecule has 0 bridgehead atoms. The number of carbonyl (C=O) groups is 1. The van der Waals surface area contributed by atoms with Crippen LogP contribution in [-0.4, -0.2) is 35.9 Å². The molecule has 0 saturated carbocycles. The van der Waals surface area contributed by atoms with Crippen molar-refractivity contribution in [2.75, 3.05) is 20.3 Å². The average molecular weight is 299 g/mol. The van der Waals surface area contributed by atoms with Gasteiger partial charge in [0, 0.05) is 24.9 Å². The van der Waals surface area contributed by atoms with Gasteiger partial charge in [-0.15, -0.1) is 0 Å². The molecule has 5 heteroatoms. The number of benzene rings is 1. The van der Waals surface area contributed by atoms with Crippen LogP contribution in [0.4, 0.5) is 0 Å². The second-order valence-electron chi connectivity index (χ2n) is 5.48. The van der Waals surface area contributed by atoms with Gasteiger partial charge in [-0.25, -0.2) is 4.68 Å². The van der Waals surface area contributed by atoms with Crippen LogP contribution in [0.2, 0.25) is 0 Å². The molecule has 1 heterocycles. The van der Waals surface area contributed by atoms with Gasteiger partial charge in [-0.3, -0.25) is 4.79 Å². The maximum Gasteiger partial charge on any atom is 0.272 e. The molecule has 0 unspecified atom stereocenters. The Labute approximate surface area is 130 Å². The molecule has 0 radical (unpaired) electrons. The van der Waals surface area contributed by atoms with Crippen molar-refractivity contribution < 1.29 is 9.53 Å². The van der Waals surface area contributed by atoms with Crippen LogP contribution < -0.4 is 5.32 Å². The lowest BCUT2D eigenvalue weighted by Gasteiger charge is -2.14. The highest BCUT2D eigenvalue weighted by molar-refractivity contribution is 5.94. The van der Waals surface area contributed by atoms with Gasteiger partial charge < -0.3 is 10.1 Å². The van der Waals surface area contributed by atoms with E-state index in [0.29, 0.717) is 18.8 Å². The summed E-state index contributed by atoms with van der Waals surface area (Å²) >= 11 is 0. The summed E-state index contributed by atoms with van der Waals surface area (Å²) in [7, 11) is 1.62. The molecule has 1 aliphatic rings. The largest absolute Gasteiger partial charge is 0.383 e. The van der Waals surface area contributed by atoms with Gasteiger partial charge in [-0.05, 0) is 37.8 Å².